The fraction of sp³-hybridized carbons (Fsp3) is 0.294. The van der Waals surface area contributed by atoms with Crippen molar-refractivity contribution in [1.82, 2.24) is 39.0 Å². The van der Waals surface area contributed by atoms with E-state index in [9.17, 15) is 34.4 Å². The molecule has 8 N–H and O–H groups in total. The summed E-state index contributed by atoms with van der Waals surface area (Å²) in [6.45, 7) is -1.50. The minimum absolute atomic E-state index is 0.0231. The molecule has 6 aromatic rings. The number of hydrogen-bond acceptors (Lipinski definition) is 19. The number of ketones is 1. The van der Waals surface area contributed by atoms with Crippen molar-refractivity contribution in [2.45, 2.75) is 49.1 Å². The molecular weight excluding hydrogens is 771 g/mol. The molecule has 0 bridgehead atoms. The van der Waals surface area contributed by atoms with E-state index >= 15 is 0 Å². The molecule has 0 aliphatic carbocycles. The van der Waals surface area contributed by atoms with Crippen molar-refractivity contribution in [3.8, 4) is 0 Å². The molecule has 23 heteroatoms. The summed E-state index contributed by atoms with van der Waals surface area (Å²) in [7, 11) is -4.99. The van der Waals surface area contributed by atoms with E-state index in [2.05, 4.69) is 29.9 Å². The molecule has 2 aliphatic heterocycles. The highest BCUT2D eigenvalue weighted by molar-refractivity contribution is 7.47. The van der Waals surface area contributed by atoms with Gasteiger partial charge < -0.3 is 45.9 Å². The highest BCUT2D eigenvalue weighted by Gasteiger charge is 2.49. The van der Waals surface area contributed by atoms with Gasteiger partial charge in [0, 0.05) is 11.1 Å². The lowest BCUT2D eigenvalue weighted by Gasteiger charge is -2.22. The Hall–Kier alpha value is -5.81. The molecule has 1 unspecified atom stereocenters. The zero-order valence-electron chi connectivity index (χ0n) is 29.3. The summed E-state index contributed by atoms with van der Waals surface area (Å²) in [5.41, 5.74) is 13.4. The lowest BCUT2D eigenvalue weighted by atomic mass is 10.0. The molecule has 57 heavy (non-hydrogen) atoms. The van der Waals surface area contributed by atoms with E-state index in [4.69, 9.17) is 34.7 Å². The van der Waals surface area contributed by atoms with Crippen molar-refractivity contribution in [2.24, 2.45) is 0 Å². The van der Waals surface area contributed by atoms with Crippen molar-refractivity contribution in [1.29, 1.82) is 0 Å². The zero-order chi connectivity index (χ0) is 40.0. The lowest BCUT2D eigenvalue weighted by molar-refractivity contribution is -0.0620. The number of rotatable bonds is 12. The molecule has 22 nitrogen and oxygen atoms in total. The minimum atomic E-state index is -4.99. The number of ether oxygens (including phenoxy) is 3. The van der Waals surface area contributed by atoms with Crippen LogP contribution in [0.25, 0.3) is 22.3 Å². The van der Waals surface area contributed by atoms with Gasteiger partial charge in [0.25, 0.3) is 0 Å². The van der Waals surface area contributed by atoms with Gasteiger partial charge >= 0.3 is 13.8 Å². The van der Waals surface area contributed by atoms with Crippen molar-refractivity contribution >= 4 is 53.5 Å². The smallest absolute Gasteiger partial charge is 0.453 e. The van der Waals surface area contributed by atoms with Crippen LogP contribution >= 0.6 is 7.82 Å². The number of esters is 1. The summed E-state index contributed by atoms with van der Waals surface area (Å²) in [5, 5.41) is 32.9. The Labute approximate surface area is 320 Å². The van der Waals surface area contributed by atoms with Crippen LogP contribution in [0.4, 0.5) is 11.6 Å². The summed E-state index contributed by atoms with van der Waals surface area (Å²) < 4.78 is 43.6. The Morgan fingerprint density at radius 3 is 1.79 bits per heavy atom. The maximum absolute atomic E-state index is 13.4. The van der Waals surface area contributed by atoms with Gasteiger partial charge in [-0.15, -0.1) is 0 Å². The van der Waals surface area contributed by atoms with Gasteiger partial charge in [-0.2, -0.15) is 0 Å². The predicted molar refractivity (Wildman–Crippen MR) is 193 cm³/mol. The van der Waals surface area contributed by atoms with Crippen LogP contribution in [0.1, 0.15) is 38.7 Å². The highest BCUT2D eigenvalue weighted by Crippen LogP contribution is 2.46. The molecule has 0 amide bonds. The number of aliphatic hydroxyl groups is 3. The third-order valence-electron chi connectivity index (χ3n) is 9.43. The molecule has 0 saturated carbocycles. The average molecular weight is 805 g/mol. The van der Waals surface area contributed by atoms with Gasteiger partial charge in [0.05, 0.1) is 31.4 Å². The van der Waals surface area contributed by atoms with Crippen LogP contribution in [-0.4, -0.2) is 121 Å². The first kappa shape index (κ1) is 38.1. The summed E-state index contributed by atoms with van der Waals surface area (Å²) in [6.07, 6.45) is -6.60. The first-order chi connectivity index (χ1) is 27.4. The largest absolute Gasteiger partial charge is 0.472 e. The van der Waals surface area contributed by atoms with E-state index in [0.29, 0.717) is 11.1 Å². The van der Waals surface area contributed by atoms with E-state index in [0.717, 1.165) is 0 Å². The maximum Gasteiger partial charge on any atom is 0.472 e. The molecular formula is C34H33N10O12P. The van der Waals surface area contributed by atoms with Crippen molar-refractivity contribution < 1.29 is 57.6 Å². The van der Waals surface area contributed by atoms with E-state index < -0.39 is 76.1 Å². The van der Waals surface area contributed by atoms with Crippen molar-refractivity contribution in [3.63, 3.8) is 0 Å². The Morgan fingerprint density at radius 1 is 0.684 bits per heavy atom. The molecule has 6 heterocycles. The third kappa shape index (κ3) is 7.32. The summed E-state index contributed by atoms with van der Waals surface area (Å²) >= 11 is 0. The predicted octanol–water partition coefficient (Wildman–Crippen LogP) is 0.298. The second-order valence-electron chi connectivity index (χ2n) is 13.0. The van der Waals surface area contributed by atoms with Crippen LogP contribution < -0.4 is 11.5 Å². The molecule has 2 aliphatic rings. The Balaban J connectivity index is 0.963. The molecule has 4 aromatic heterocycles. The number of nitrogens with two attached hydrogens (primary N) is 2. The van der Waals surface area contributed by atoms with Gasteiger partial charge in [-0.1, -0.05) is 42.5 Å². The number of carbonyl (C=O) groups is 2. The highest BCUT2D eigenvalue weighted by atomic mass is 31.2. The first-order valence-corrected chi connectivity index (χ1v) is 18.6. The molecule has 2 fully saturated rings. The zero-order valence-corrected chi connectivity index (χ0v) is 30.2. The number of carbonyl (C=O) groups excluding carboxylic acids is 2. The van der Waals surface area contributed by atoms with Gasteiger partial charge in [-0.3, -0.25) is 23.0 Å². The minimum Gasteiger partial charge on any atom is -0.453 e. The topological polar surface area (TPSA) is 318 Å². The normalized spacial score (nSPS) is 25.8. The summed E-state index contributed by atoms with van der Waals surface area (Å²) in [6, 6.07) is 14.2. The summed E-state index contributed by atoms with van der Waals surface area (Å²) in [5.74, 6) is -1.05. The number of imidazole rings is 2. The van der Waals surface area contributed by atoms with Crippen molar-refractivity contribution in [2.75, 3.05) is 24.7 Å². The number of phosphoric ester groups is 1. The van der Waals surface area contributed by atoms with Gasteiger partial charge in [-0.25, -0.2) is 39.3 Å². The molecule has 8 rings (SSSR count). The maximum atomic E-state index is 13.4. The Morgan fingerprint density at radius 2 is 1.19 bits per heavy atom. The van der Waals surface area contributed by atoms with Crippen LogP contribution in [0, 0.1) is 0 Å². The first-order valence-electron chi connectivity index (χ1n) is 17.1. The lowest BCUT2D eigenvalue weighted by Crippen LogP contribution is -2.38. The number of fused-ring (bicyclic) bond motifs is 2. The van der Waals surface area contributed by atoms with Crippen LogP contribution in [-0.2, 0) is 27.8 Å². The second kappa shape index (κ2) is 15.3. The summed E-state index contributed by atoms with van der Waals surface area (Å²) in [4.78, 5) is 61.3. The number of phosphoric acid groups is 1. The van der Waals surface area contributed by atoms with Crippen LogP contribution in [0.15, 0.2) is 79.9 Å². The quantitative estimate of drug-likeness (QED) is 0.0550. The van der Waals surface area contributed by atoms with E-state index in [1.165, 1.54) is 58.7 Å². The van der Waals surface area contributed by atoms with Gasteiger partial charge in [0.1, 0.15) is 54.2 Å². The Bertz CT molecular complexity index is 2490. The van der Waals surface area contributed by atoms with Gasteiger partial charge in [0.15, 0.2) is 47.3 Å². The third-order valence-corrected chi connectivity index (χ3v) is 10.4. The number of aromatic nitrogens is 8. The second-order valence-corrected chi connectivity index (χ2v) is 14.4. The van der Waals surface area contributed by atoms with Crippen LogP contribution in [0.2, 0.25) is 0 Å². The molecule has 0 radical (unpaired) electrons. The fourth-order valence-corrected chi connectivity index (χ4v) is 7.26. The van der Waals surface area contributed by atoms with Gasteiger partial charge in [-0.05, 0) is 12.1 Å². The number of anilines is 2. The SMILES string of the molecule is Nc1ncnc2c1ncn2[C@@H]1O[C@H](COP(=O)(O)OC[C@H]2O[C@@H](n3cnc4c(N)ncnc43)[C@H](O)[C@@H]2OC(=O)c2ccc(C(=O)c3ccccc3)cc2)[C@@H](O)[C@H]1O. The molecule has 9 atom stereocenters. The van der Waals surface area contributed by atoms with Crippen molar-refractivity contribution in [3.05, 3.63) is 96.6 Å². The van der Waals surface area contributed by atoms with E-state index in [1.807, 2.05) is 0 Å². The Kier molecular flexibility index (Phi) is 10.2. The standard InChI is InChI=1S/C34H33N10O12P/c35-28-21-30(39-12-37-28)43(14-41-21)32-25(47)24(46)19(54-32)10-52-57(50,51)53-11-20-27(26(48)33(55-20)44-15-42-22-29(36)38-13-40-31(22)44)56-34(49)18-8-6-17(7-9-18)23(45)16-4-2-1-3-5-16/h1-9,12-15,19-20,24-27,32-33,46-48H,10-11H2,(H,50,51)(H2,35,37,39)(H2,36,38,40)/t19-,20-,24-,25-,26-,27-,32-,33-/m1/s1. The molecule has 2 aromatic carbocycles. The molecule has 296 valence electrons. The fourth-order valence-electron chi connectivity index (χ4n) is 6.52. The molecule has 2 saturated heterocycles. The van der Waals surface area contributed by atoms with E-state index in [1.54, 1.807) is 30.3 Å². The van der Waals surface area contributed by atoms with Gasteiger partial charge in [0.2, 0.25) is 0 Å². The average Bonchev–Trinajstić information content (AvgIpc) is 3.98. The monoisotopic (exact) mass is 804 g/mol. The molecule has 0 spiro atoms. The number of hydrogen-bond donors (Lipinski definition) is 6. The van der Waals surface area contributed by atoms with Crippen LogP contribution in [0.3, 0.4) is 0 Å². The van der Waals surface area contributed by atoms with E-state index in [-0.39, 0.29) is 45.3 Å². The van der Waals surface area contributed by atoms with Crippen LogP contribution in [0.5, 0.6) is 0 Å². The number of aliphatic hydroxyl groups excluding tert-OH is 3. The number of nitrogen functional groups attached to an aromatic ring is 2. The number of benzene rings is 2. The number of nitrogens with zero attached hydrogens (tertiary/aromatic N) is 8.